The number of carbonyl (C=O) groups excluding carboxylic acids is 2. The average molecular weight is 459 g/mol. The van der Waals surface area contributed by atoms with Crippen LogP contribution in [0, 0.1) is 0 Å². The van der Waals surface area contributed by atoms with Crippen molar-refractivity contribution in [3.8, 4) is 0 Å². The topological polar surface area (TPSA) is 80.8 Å². The van der Waals surface area contributed by atoms with Gasteiger partial charge in [0.1, 0.15) is 11.9 Å². The van der Waals surface area contributed by atoms with Gasteiger partial charge in [0, 0.05) is 36.9 Å². The molecule has 2 aromatic heterocycles. The van der Waals surface area contributed by atoms with Crippen molar-refractivity contribution in [1.82, 2.24) is 10.3 Å². The Kier molecular flexibility index (Phi) is 6.35. The van der Waals surface area contributed by atoms with E-state index in [1.807, 2.05) is 20.8 Å². The van der Waals surface area contributed by atoms with E-state index in [0.29, 0.717) is 25.9 Å². The minimum Gasteiger partial charge on any atom is -0.465 e. The smallest absolute Gasteiger partial charge is 0.417 e. The number of carbonyl (C=O) groups is 2. The van der Waals surface area contributed by atoms with E-state index in [2.05, 4.69) is 15.0 Å². The minimum absolute atomic E-state index is 0.00641. The van der Waals surface area contributed by atoms with Crippen molar-refractivity contribution in [1.29, 1.82) is 0 Å². The zero-order valence-electron chi connectivity index (χ0n) is 17.6. The highest BCUT2D eigenvalue weighted by Gasteiger charge is 2.36. The van der Waals surface area contributed by atoms with Gasteiger partial charge in [-0.1, -0.05) is 0 Å². The van der Waals surface area contributed by atoms with E-state index in [-0.39, 0.29) is 27.7 Å². The average Bonchev–Trinajstić information content (AvgIpc) is 3.08. The molecule has 0 atom stereocenters. The van der Waals surface area contributed by atoms with Crippen LogP contribution in [0.3, 0.4) is 0 Å². The minimum atomic E-state index is -4.60. The first-order chi connectivity index (χ1) is 14.4. The highest BCUT2D eigenvalue weighted by atomic mass is 32.1. The fraction of sp³-hybridized carbons (Fsp3) is 0.550. The number of ether oxygens (including phenoxy) is 2. The van der Waals surface area contributed by atoms with Gasteiger partial charge in [-0.25, -0.2) is 14.6 Å². The first-order valence-electron chi connectivity index (χ1n) is 9.70. The Morgan fingerprint density at radius 1 is 1.23 bits per heavy atom. The summed E-state index contributed by atoms with van der Waals surface area (Å²) in [5, 5.41) is 4.05. The predicted molar refractivity (Wildman–Crippen MR) is 111 cm³/mol. The van der Waals surface area contributed by atoms with Crippen LogP contribution in [-0.4, -0.2) is 48.9 Å². The number of methoxy groups -OCH3 is 1. The summed E-state index contributed by atoms with van der Waals surface area (Å²) in [6.45, 7) is 6.24. The van der Waals surface area contributed by atoms with Gasteiger partial charge >= 0.3 is 18.2 Å². The second kappa shape index (κ2) is 8.52. The molecule has 0 aliphatic carbocycles. The summed E-state index contributed by atoms with van der Waals surface area (Å²) in [5.74, 6) is -0.609. The van der Waals surface area contributed by atoms with E-state index in [1.165, 1.54) is 12.5 Å². The fourth-order valence-corrected chi connectivity index (χ4v) is 4.32. The number of pyridine rings is 1. The van der Waals surface area contributed by atoms with Crippen LogP contribution in [0.4, 0.5) is 23.8 Å². The van der Waals surface area contributed by atoms with Crippen molar-refractivity contribution in [2.24, 2.45) is 0 Å². The monoisotopic (exact) mass is 459 g/mol. The summed E-state index contributed by atoms with van der Waals surface area (Å²) < 4.78 is 51.0. The van der Waals surface area contributed by atoms with Crippen LogP contribution in [0.15, 0.2) is 11.4 Å². The number of alkyl halides is 3. The zero-order chi connectivity index (χ0) is 23.0. The number of esters is 1. The molecule has 0 saturated carbocycles. The Hall–Kier alpha value is -2.56. The Labute approximate surface area is 181 Å². The summed E-state index contributed by atoms with van der Waals surface area (Å²) in [6, 6.07) is 1.01. The molecule has 0 radical (unpaired) electrons. The lowest BCUT2D eigenvalue weighted by Crippen LogP contribution is -2.44. The zero-order valence-corrected chi connectivity index (χ0v) is 18.4. The molecule has 1 saturated heterocycles. The van der Waals surface area contributed by atoms with Gasteiger partial charge in [0.25, 0.3) is 0 Å². The van der Waals surface area contributed by atoms with E-state index < -0.39 is 29.3 Å². The van der Waals surface area contributed by atoms with Crippen LogP contribution in [0.25, 0.3) is 10.2 Å². The van der Waals surface area contributed by atoms with E-state index in [4.69, 9.17) is 4.74 Å². The van der Waals surface area contributed by atoms with Crippen molar-refractivity contribution < 1.29 is 32.2 Å². The van der Waals surface area contributed by atoms with Gasteiger partial charge in [-0.15, -0.1) is 11.3 Å². The lowest BCUT2D eigenvalue weighted by molar-refractivity contribution is -0.136. The number of aromatic nitrogens is 1. The van der Waals surface area contributed by atoms with E-state index in [1.54, 1.807) is 4.90 Å². The molecule has 1 aliphatic heterocycles. The molecule has 0 spiro atoms. The normalized spacial score (nSPS) is 15.8. The summed E-state index contributed by atoms with van der Waals surface area (Å²) in [5.41, 5.74) is -1.28. The molecule has 31 heavy (non-hydrogen) atoms. The van der Waals surface area contributed by atoms with E-state index >= 15 is 0 Å². The van der Waals surface area contributed by atoms with Crippen LogP contribution < -0.4 is 10.2 Å². The number of rotatable bonds is 3. The lowest BCUT2D eigenvalue weighted by atomic mass is 10.1. The maximum atomic E-state index is 13.7. The summed E-state index contributed by atoms with van der Waals surface area (Å²) in [4.78, 5) is 30.0. The van der Waals surface area contributed by atoms with Crippen molar-refractivity contribution in [3.05, 3.63) is 22.6 Å². The number of halogens is 3. The molecular weight excluding hydrogens is 435 g/mol. The molecule has 1 aliphatic rings. The van der Waals surface area contributed by atoms with Gasteiger partial charge in [-0.2, -0.15) is 13.2 Å². The van der Waals surface area contributed by atoms with Crippen molar-refractivity contribution in [3.63, 3.8) is 0 Å². The Bertz CT molecular complexity index is 976. The Morgan fingerprint density at radius 2 is 1.87 bits per heavy atom. The summed E-state index contributed by atoms with van der Waals surface area (Å²) in [6.07, 6.45) is -4.55. The molecule has 3 rings (SSSR count). The molecule has 1 fully saturated rings. The molecule has 11 heteroatoms. The number of thiophene rings is 1. The number of hydrogen-bond donors (Lipinski definition) is 1. The molecule has 170 valence electrons. The Morgan fingerprint density at radius 3 is 2.42 bits per heavy atom. The lowest BCUT2D eigenvalue weighted by Gasteiger charge is -2.33. The molecule has 1 N–H and O–H groups in total. The maximum Gasteiger partial charge on any atom is 0.417 e. The van der Waals surface area contributed by atoms with Gasteiger partial charge in [-0.05, 0) is 26.8 Å². The fourth-order valence-electron chi connectivity index (χ4n) is 3.31. The third kappa shape index (κ3) is 5.38. The largest absolute Gasteiger partial charge is 0.465 e. The van der Waals surface area contributed by atoms with Crippen LogP contribution in [-0.2, 0) is 15.7 Å². The second-order valence-electron chi connectivity index (χ2n) is 8.31. The third-order valence-electron chi connectivity index (χ3n) is 4.74. The quantitative estimate of drug-likeness (QED) is 0.676. The highest BCUT2D eigenvalue weighted by molar-refractivity contribution is 7.17. The number of amides is 1. The SMILES string of the molecule is COC(=O)c1csc2c(C(F)(F)F)cc(N3CCC(OC(=O)NC(C)(C)C)CC3)nc12. The first kappa shape index (κ1) is 23.1. The van der Waals surface area contributed by atoms with Crippen molar-refractivity contribution >= 4 is 39.4 Å². The van der Waals surface area contributed by atoms with Gasteiger partial charge in [-0.3, -0.25) is 0 Å². The molecule has 0 bridgehead atoms. The van der Waals surface area contributed by atoms with Crippen LogP contribution >= 0.6 is 11.3 Å². The number of hydrogen-bond acceptors (Lipinski definition) is 7. The van der Waals surface area contributed by atoms with Crippen LogP contribution in [0.2, 0.25) is 0 Å². The molecule has 7 nitrogen and oxygen atoms in total. The highest BCUT2D eigenvalue weighted by Crippen LogP contribution is 2.40. The van der Waals surface area contributed by atoms with Gasteiger partial charge in [0.15, 0.2) is 0 Å². The van der Waals surface area contributed by atoms with Crippen molar-refractivity contribution in [2.75, 3.05) is 25.1 Å². The number of fused-ring (bicyclic) bond motifs is 1. The summed E-state index contributed by atoms with van der Waals surface area (Å²) in [7, 11) is 1.17. The van der Waals surface area contributed by atoms with Crippen LogP contribution in [0.1, 0.15) is 49.5 Å². The van der Waals surface area contributed by atoms with Gasteiger partial charge in [0.05, 0.1) is 28.5 Å². The molecule has 0 aromatic carbocycles. The molecule has 3 heterocycles. The number of nitrogens with one attached hydrogen (secondary N) is 1. The number of nitrogens with zero attached hydrogens (tertiary/aromatic N) is 2. The number of piperidine rings is 1. The molecule has 0 unspecified atom stereocenters. The number of alkyl carbamates (subject to hydrolysis) is 1. The van der Waals surface area contributed by atoms with Crippen molar-refractivity contribution in [2.45, 2.75) is 51.4 Å². The summed E-state index contributed by atoms with van der Waals surface area (Å²) >= 11 is 0.812. The second-order valence-corrected chi connectivity index (χ2v) is 9.19. The molecular formula is C20H24F3N3O4S. The standard InChI is InChI=1S/C20H24F3N3O4S/c1-19(2,3)25-18(28)30-11-5-7-26(8-6-11)14-9-13(20(21,22)23)16-15(24-14)12(10-31-16)17(27)29-4/h9-11H,5-8H2,1-4H3,(H,25,28). The Balaban J connectivity index is 1.82. The third-order valence-corrected chi connectivity index (χ3v) is 5.74. The molecule has 2 aromatic rings. The van der Waals surface area contributed by atoms with Gasteiger partial charge < -0.3 is 19.7 Å². The van der Waals surface area contributed by atoms with Gasteiger partial charge in [0.2, 0.25) is 0 Å². The number of anilines is 1. The van der Waals surface area contributed by atoms with Crippen LogP contribution in [0.5, 0.6) is 0 Å². The maximum absolute atomic E-state index is 13.7. The van der Waals surface area contributed by atoms with E-state index in [9.17, 15) is 22.8 Å². The first-order valence-corrected chi connectivity index (χ1v) is 10.6. The molecule has 1 amide bonds. The van der Waals surface area contributed by atoms with E-state index in [0.717, 1.165) is 17.4 Å². The predicted octanol–water partition coefficient (Wildman–Crippen LogP) is 4.60.